The molecule has 118 valence electrons. The zero-order valence-corrected chi connectivity index (χ0v) is 13.7. The summed E-state index contributed by atoms with van der Waals surface area (Å²) >= 11 is 1.32. The van der Waals surface area contributed by atoms with E-state index in [9.17, 15) is 4.79 Å². The number of benzene rings is 1. The number of hydrogen-bond donors (Lipinski definition) is 1. The van der Waals surface area contributed by atoms with Crippen molar-refractivity contribution in [3.8, 4) is 0 Å². The first-order chi connectivity index (χ1) is 11.2. The highest BCUT2D eigenvalue weighted by atomic mass is 32.2. The highest BCUT2D eigenvalue weighted by Gasteiger charge is 2.24. The van der Waals surface area contributed by atoms with E-state index in [2.05, 4.69) is 29.4 Å². The van der Waals surface area contributed by atoms with Gasteiger partial charge in [0, 0.05) is 6.08 Å². The van der Waals surface area contributed by atoms with E-state index in [4.69, 9.17) is 4.42 Å². The van der Waals surface area contributed by atoms with Gasteiger partial charge in [0.15, 0.2) is 5.17 Å². The molecule has 4 nitrogen and oxygen atoms in total. The second kappa shape index (κ2) is 7.33. The number of hydrogen-bond acceptors (Lipinski definition) is 4. The van der Waals surface area contributed by atoms with E-state index in [1.54, 1.807) is 18.4 Å². The molecule has 1 aliphatic rings. The minimum Gasteiger partial charge on any atom is -0.465 e. The minimum absolute atomic E-state index is 0.148. The number of nitrogens with zero attached hydrogens (tertiary/aromatic N) is 1. The summed E-state index contributed by atoms with van der Waals surface area (Å²) in [5.41, 5.74) is 2.16. The summed E-state index contributed by atoms with van der Waals surface area (Å²) in [7, 11) is 0. The Hall–Kier alpha value is -2.27. The molecule has 5 heteroatoms. The Kier molecular flexibility index (Phi) is 4.98. The van der Waals surface area contributed by atoms with Crippen LogP contribution in [0.15, 0.2) is 57.0 Å². The summed E-state index contributed by atoms with van der Waals surface area (Å²) in [6, 6.07) is 11.8. The Balaban J connectivity index is 1.70. The van der Waals surface area contributed by atoms with Gasteiger partial charge in [0.05, 0.1) is 16.9 Å². The first-order valence-corrected chi connectivity index (χ1v) is 8.48. The number of furan rings is 1. The number of thioether (sulfide) groups is 1. The Bertz CT molecular complexity index is 731. The number of aryl methyl sites for hydroxylation is 1. The summed E-state index contributed by atoms with van der Waals surface area (Å²) in [6.07, 6.45) is 6.78. The predicted octanol–water partition coefficient (Wildman–Crippen LogP) is 4.51. The molecule has 0 atom stereocenters. The van der Waals surface area contributed by atoms with Gasteiger partial charge in [-0.3, -0.25) is 4.79 Å². The molecule has 1 aromatic carbocycles. The third-order valence-electron chi connectivity index (χ3n) is 3.45. The van der Waals surface area contributed by atoms with E-state index in [0.717, 1.165) is 12.1 Å². The molecule has 2 heterocycles. The molecule has 1 N–H and O–H groups in total. The number of amidine groups is 1. The van der Waals surface area contributed by atoms with E-state index in [1.807, 2.05) is 18.2 Å². The van der Waals surface area contributed by atoms with Crippen LogP contribution in [0.5, 0.6) is 0 Å². The van der Waals surface area contributed by atoms with Crippen LogP contribution < -0.4 is 5.32 Å². The summed E-state index contributed by atoms with van der Waals surface area (Å²) < 4.78 is 5.23. The van der Waals surface area contributed by atoms with Gasteiger partial charge in [0.1, 0.15) is 5.76 Å². The molecule has 23 heavy (non-hydrogen) atoms. The van der Waals surface area contributed by atoms with Crippen LogP contribution in [0.25, 0.3) is 6.08 Å². The van der Waals surface area contributed by atoms with Gasteiger partial charge in [0.25, 0.3) is 5.91 Å². The molecule has 1 aromatic heterocycles. The zero-order chi connectivity index (χ0) is 16.1. The van der Waals surface area contributed by atoms with Gasteiger partial charge in [-0.1, -0.05) is 25.5 Å². The molecule has 1 aliphatic heterocycles. The monoisotopic (exact) mass is 326 g/mol. The first-order valence-electron chi connectivity index (χ1n) is 7.66. The molecule has 0 spiro atoms. The number of carbonyl (C=O) groups excluding carboxylic acids is 1. The standard InChI is InChI=1S/C18H18N2O2S/c1-2-3-5-13-7-9-14(10-8-13)19-18-20-17(21)16(23-18)12-15-6-4-11-22-15/h4,6-12H,2-3,5H2,1H3,(H,19,20,21)/b16-12+. The van der Waals surface area contributed by atoms with E-state index >= 15 is 0 Å². The Morgan fingerprint density at radius 3 is 2.78 bits per heavy atom. The molecule has 0 aliphatic carbocycles. The molecule has 1 amide bonds. The molecule has 2 aromatic rings. The van der Waals surface area contributed by atoms with Gasteiger partial charge in [-0.05, 0) is 54.4 Å². The van der Waals surface area contributed by atoms with E-state index in [1.165, 1.54) is 30.2 Å². The van der Waals surface area contributed by atoms with E-state index in [-0.39, 0.29) is 5.91 Å². The highest BCUT2D eigenvalue weighted by Crippen LogP contribution is 2.28. The van der Waals surface area contributed by atoms with Gasteiger partial charge in [0.2, 0.25) is 0 Å². The second-order valence-corrected chi connectivity index (χ2v) is 6.30. The van der Waals surface area contributed by atoms with Crippen LogP contribution >= 0.6 is 11.8 Å². The Morgan fingerprint density at radius 1 is 1.26 bits per heavy atom. The van der Waals surface area contributed by atoms with Gasteiger partial charge in [-0.25, -0.2) is 4.99 Å². The van der Waals surface area contributed by atoms with Gasteiger partial charge < -0.3 is 9.73 Å². The molecule has 0 saturated carbocycles. The van der Waals surface area contributed by atoms with Crippen molar-refractivity contribution in [3.63, 3.8) is 0 Å². The number of carbonyl (C=O) groups is 1. The van der Waals surface area contributed by atoms with Crippen molar-refractivity contribution < 1.29 is 9.21 Å². The average molecular weight is 326 g/mol. The van der Waals surface area contributed by atoms with Crippen LogP contribution in [0, 0.1) is 0 Å². The summed E-state index contributed by atoms with van der Waals surface area (Å²) in [5.74, 6) is 0.508. The van der Waals surface area contributed by atoms with Gasteiger partial charge in [-0.15, -0.1) is 0 Å². The van der Waals surface area contributed by atoms with Crippen molar-refractivity contribution >= 4 is 34.6 Å². The molecule has 0 radical (unpaired) electrons. The van der Waals surface area contributed by atoms with Crippen LogP contribution in [-0.2, 0) is 11.2 Å². The van der Waals surface area contributed by atoms with Crippen molar-refractivity contribution in [3.05, 3.63) is 58.9 Å². The van der Waals surface area contributed by atoms with Gasteiger partial charge in [-0.2, -0.15) is 0 Å². The molecule has 3 rings (SSSR count). The number of aliphatic imine (C=N–C) groups is 1. The molecule has 1 saturated heterocycles. The van der Waals surface area contributed by atoms with Crippen molar-refractivity contribution in [2.24, 2.45) is 4.99 Å². The maximum absolute atomic E-state index is 12.0. The van der Waals surface area contributed by atoms with Crippen LogP contribution in [0.4, 0.5) is 5.69 Å². The molecular formula is C18H18N2O2S. The van der Waals surface area contributed by atoms with Crippen LogP contribution in [0.3, 0.4) is 0 Å². The van der Waals surface area contributed by atoms with Gasteiger partial charge >= 0.3 is 0 Å². The first kappa shape index (κ1) is 15.6. The highest BCUT2D eigenvalue weighted by molar-refractivity contribution is 8.18. The molecular weight excluding hydrogens is 308 g/mol. The maximum Gasteiger partial charge on any atom is 0.264 e. The van der Waals surface area contributed by atoms with Crippen molar-refractivity contribution in [1.82, 2.24) is 5.32 Å². The Morgan fingerprint density at radius 2 is 2.09 bits per heavy atom. The van der Waals surface area contributed by atoms with E-state index in [0.29, 0.717) is 15.8 Å². The fourth-order valence-corrected chi connectivity index (χ4v) is 3.04. The minimum atomic E-state index is -0.148. The predicted molar refractivity (Wildman–Crippen MR) is 94.6 cm³/mol. The lowest BCUT2D eigenvalue weighted by molar-refractivity contribution is -0.115. The van der Waals surface area contributed by atoms with Crippen LogP contribution in [-0.4, -0.2) is 11.1 Å². The number of unbranched alkanes of at least 4 members (excludes halogenated alkanes) is 1. The van der Waals surface area contributed by atoms with Crippen molar-refractivity contribution in [1.29, 1.82) is 0 Å². The largest absolute Gasteiger partial charge is 0.465 e. The van der Waals surface area contributed by atoms with Crippen LogP contribution in [0.1, 0.15) is 31.1 Å². The lowest BCUT2D eigenvalue weighted by Crippen LogP contribution is -2.19. The third kappa shape index (κ3) is 4.13. The number of amides is 1. The normalized spacial score (nSPS) is 17.9. The summed E-state index contributed by atoms with van der Waals surface area (Å²) in [4.78, 5) is 17.0. The quantitative estimate of drug-likeness (QED) is 0.822. The fourth-order valence-electron chi connectivity index (χ4n) is 2.22. The number of nitrogens with one attached hydrogen (secondary N) is 1. The molecule has 0 unspecified atom stereocenters. The fraction of sp³-hybridized carbons (Fsp3) is 0.222. The summed E-state index contributed by atoms with van der Waals surface area (Å²) in [5, 5.41) is 3.37. The SMILES string of the molecule is CCCCc1ccc(N=C2NC(=O)/C(=C\c3ccco3)S2)cc1. The maximum atomic E-state index is 12.0. The van der Waals surface area contributed by atoms with Crippen LogP contribution in [0.2, 0.25) is 0 Å². The number of rotatable bonds is 5. The average Bonchev–Trinajstić information content (AvgIpc) is 3.17. The van der Waals surface area contributed by atoms with E-state index < -0.39 is 0 Å². The molecule has 0 bridgehead atoms. The van der Waals surface area contributed by atoms with Crippen molar-refractivity contribution in [2.75, 3.05) is 0 Å². The zero-order valence-electron chi connectivity index (χ0n) is 12.9. The second-order valence-electron chi connectivity index (χ2n) is 5.27. The van der Waals surface area contributed by atoms with Crippen molar-refractivity contribution in [2.45, 2.75) is 26.2 Å². The summed E-state index contributed by atoms with van der Waals surface area (Å²) in [6.45, 7) is 2.19. The Labute approximate surface area is 139 Å². The lowest BCUT2D eigenvalue weighted by Gasteiger charge is -2.01. The molecule has 1 fully saturated rings. The third-order valence-corrected chi connectivity index (χ3v) is 4.36. The lowest BCUT2D eigenvalue weighted by atomic mass is 10.1. The smallest absolute Gasteiger partial charge is 0.264 e. The topological polar surface area (TPSA) is 54.6 Å².